The van der Waals surface area contributed by atoms with E-state index in [1.165, 1.54) is 35.6 Å². The van der Waals surface area contributed by atoms with Crippen molar-refractivity contribution < 1.29 is 22.7 Å². The molecule has 1 amide bonds. The molecule has 3 aromatic rings. The second kappa shape index (κ2) is 10.7. The molecule has 0 spiro atoms. The number of ether oxygens (including phenoxy) is 2. The zero-order chi connectivity index (χ0) is 24.1. The Labute approximate surface area is 203 Å². The minimum absolute atomic E-state index is 0.196. The molecule has 1 aliphatic rings. The smallest absolute Gasteiger partial charge is 0.257 e. The van der Waals surface area contributed by atoms with Crippen molar-refractivity contribution in [3.63, 3.8) is 0 Å². The molecule has 0 saturated carbocycles. The van der Waals surface area contributed by atoms with Gasteiger partial charge in [0.15, 0.2) is 16.6 Å². The molecule has 2 aromatic carbocycles. The zero-order valence-electron chi connectivity index (χ0n) is 19.4. The van der Waals surface area contributed by atoms with E-state index in [2.05, 4.69) is 10.3 Å². The first kappa shape index (κ1) is 24.4. The average Bonchev–Trinajstić information content (AvgIpc) is 3.23. The third-order valence-corrected chi connectivity index (χ3v) is 8.40. The molecule has 182 valence electrons. The average molecular weight is 504 g/mol. The molecule has 8 nitrogen and oxygen atoms in total. The fourth-order valence-corrected chi connectivity index (χ4v) is 6.02. The number of carbonyl (C=O) groups excluding carboxylic acids is 1. The molecule has 4 rings (SSSR count). The maximum Gasteiger partial charge on any atom is 0.257 e. The standard InChI is InChI=1S/C24H29N3O5S2/c1-3-5-11-27(12-6-4-2)34(29,30)18-9-7-17(8-10-18)23(28)26-24-25-19-15-20-21(16-22(19)33-24)32-14-13-31-20/h7-10,15-16H,3-6,11-14H2,1-2H3,(H,25,26,28). The molecule has 0 unspecified atom stereocenters. The molecule has 0 saturated heterocycles. The first-order valence-electron chi connectivity index (χ1n) is 11.5. The third kappa shape index (κ3) is 5.34. The highest BCUT2D eigenvalue weighted by atomic mass is 32.2. The van der Waals surface area contributed by atoms with Crippen molar-refractivity contribution in [2.75, 3.05) is 31.6 Å². The van der Waals surface area contributed by atoms with E-state index in [4.69, 9.17) is 9.47 Å². The number of amides is 1. The van der Waals surface area contributed by atoms with Crippen LogP contribution in [-0.4, -0.2) is 49.9 Å². The maximum absolute atomic E-state index is 13.1. The number of aromatic nitrogens is 1. The molecular formula is C24H29N3O5S2. The Hall–Kier alpha value is -2.69. The summed E-state index contributed by atoms with van der Waals surface area (Å²) in [6.45, 7) is 6.07. The second-order valence-corrected chi connectivity index (χ2v) is 11.0. The lowest BCUT2D eigenvalue weighted by molar-refractivity contribution is 0.102. The largest absolute Gasteiger partial charge is 0.486 e. The van der Waals surface area contributed by atoms with Gasteiger partial charge in [-0.25, -0.2) is 13.4 Å². The SMILES string of the molecule is CCCCN(CCCC)S(=O)(=O)c1ccc(C(=O)Nc2nc3cc4c(cc3s2)OCCO4)cc1. The fourth-order valence-electron chi connectivity index (χ4n) is 3.64. The topological polar surface area (TPSA) is 97.8 Å². The van der Waals surface area contributed by atoms with E-state index in [0.29, 0.717) is 54.0 Å². The van der Waals surface area contributed by atoms with Crippen molar-refractivity contribution >= 4 is 42.6 Å². The molecule has 1 aliphatic heterocycles. The maximum atomic E-state index is 13.1. The van der Waals surface area contributed by atoms with Gasteiger partial charge in [0.1, 0.15) is 13.2 Å². The molecule has 1 aromatic heterocycles. The quantitative estimate of drug-likeness (QED) is 0.422. The minimum Gasteiger partial charge on any atom is -0.486 e. The van der Waals surface area contributed by atoms with Crippen molar-refractivity contribution in [3.8, 4) is 11.5 Å². The summed E-state index contributed by atoms with van der Waals surface area (Å²) < 4.78 is 39.9. The third-order valence-electron chi connectivity index (χ3n) is 5.55. The molecule has 0 aliphatic carbocycles. The summed E-state index contributed by atoms with van der Waals surface area (Å²) in [5.74, 6) is 0.962. The van der Waals surface area contributed by atoms with Crippen molar-refractivity contribution in [1.82, 2.24) is 9.29 Å². The van der Waals surface area contributed by atoms with Crippen LogP contribution in [0.15, 0.2) is 41.3 Å². The van der Waals surface area contributed by atoms with Crippen LogP contribution in [0.4, 0.5) is 5.13 Å². The molecule has 0 atom stereocenters. The van der Waals surface area contributed by atoms with Gasteiger partial charge >= 0.3 is 0 Å². The molecule has 0 fully saturated rings. The normalized spacial score (nSPS) is 13.4. The van der Waals surface area contributed by atoms with Gasteiger partial charge in [0, 0.05) is 30.8 Å². The Morgan fingerprint density at radius 2 is 1.65 bits per heavy atom. The Balaban J connectivity index is 1.48. The van der Waals surface area contributed by atoms with E-state index in [1.807, 2.05) is 19.9 Å². The molecule has 10 heteroatoms. The summed E-state index contributed by atoms with van der Waals surface area (Å²) in [5, 5.41) is 3.25. The lowest BCUT2D eigenvalue weighted by Gasteiger charge is -2.22. The number of anilines is 1. The van der Waals surface area contributed by atoms with Gasteiger partial charge in [0.05, 0.1) is 15.1 Å². The number of nitrogens with one attached hydrogen (secondary N) is 1. The summed E-state index contributed by atoms with van der Waals surface area (Å²) >= 11 is 1.34. The summed E-state index contributed by atoms with van der Waals surface area (Å²) in [6.07, 6.45) is 3.47. The van der Waals surface area contributed by atoms with Gasteiger partial charge in [-0.05, 0) is 37.1 Å². The highest BCUT2D eigenvalue weighted by molar-refractivity contribution is 7.89. The van der Waals surface area contributed by atoms with Crippen LogP contribution >= 0.6 is 11.3 Å². The van der Waals surface area contributed by atoms with Crippen LogP contribution in [0, 0.1) is 0 Å². The summed E-state index contributed by atoms with van der Waals surface area (Å²) in [6, 6.07) is 9.73. The summed E-state index contributed by atoms with van der Waals surface area (Å²) in [4.78, 5) is 17.4. The Kier molecular flexibility index (Phi) is 7.70. The molecule has 1 N–H and O–H groups in total. The summed E-state index contributed by atoms with van der Waals surface area (Å²) in [7, 11) is -3.60. The van der Waals surface area contributed by atoms with E-state index >= 15 is 0 Å². The predicted octanol–water partition coefficient (Wildman–Crippen LogP) is 4.91. The van der Waals surface area contributed by atoms with Crippen LogP contribution in [0.2, 0.25) is 0 Å². The van der Waals surface area contributed by atoms with Gasteiger partial charge in [0.25, 0.3) is 5.91 Å². The van der Waals surface area contributed by atoms with Gasteiger partial charge in [-0.3, -0.25) is 10.1 Å². The first-order chi connectivity index (χ1) is 16.4. The number of carbonyl (C=O) groups is 1. The number of unbranched alkanes of at least 4 members (excludes halogenated alkanes) is 2. The molecule has 34 heavy (non-hydrogen) atoms. The van der Waals surface area contributed by atoms with Crippen molar-refractivity contribution in [1.29, 1.82) is 0 Å². The Bertz CT molecular complexity index is 1200. The highest BCUT2D eigenvalue weighted by Crippen LogP contribution is 2.37. The number of hydrogen-bond donors (Lipinski definition) is 1. The van der Waals surface area contributed by atoms with Gasteiger partial charge in [-0.1, -0.05) is 38.0 Å². The van der Waals surface area contributed by atoms with E-state index < -0.39 is 10.0 Å². The van der Waals surface area contributed by atoms with E-state index in [-0.39, 0.29) is 10.8 Å². The highest BCUT2D eigenvalue weighted by Gasteiger charge is 2.24. The Morgan fingerprint density at radius 3 is 2.26 bits per heavy atom. The zero-order valence-corrected chi connectivity index (χ0v) is 21.0. The van der Waals surface area contributed by atoms with Crippen LogP contribution in [0.1, 0.15) is 49.9 Å². The van der Waals surface area contributed by atoms with Gasteiger partial charge in [-0.15, -0.1) is 0 Å². The second-order valence-electron chi connectivity index (χ2n) is 8.07. The van der Waals surface area contributed by atoms with Crippen LogP contribution in [0.5, 0.6) is 11.5 Å². The number of hydrogen-bond acceptors (Lipinski definition) is 7. The lowest BCUT2D eigenvalue weighted by atomic mass is 10.2. The number of benzene rings is 2. The van der Waals surface area contributed by atoms with Crippen LogP contribution in [0.3, 0.4) is 0 Å². The van der Waals surface area contributed by atoms with Gasteiger partial charge in [-0.2, -0.15) is 4.31 Å². The van der Waals surface area contributed by atoms with Crippen LogP contribution < -0.4 is 14.8 Å². The summed E-state index contributed by atoms with van der Waals surface area (Å²) in [5.41, 5.74) is 1.07. The van der Waals surface area contributed by atoms with E-state index in [9.17, 15) is 13.2 Å². The van der Waals surface area contributed by atoms with Crippen LogP contribution in [-0.2, 0) is 10.0 Å². The first-order valence-corrected chi connectivity index (χ1v) is 13.8. The predicted molar refractivity (Wildman–Crippen MR) is 134 cm³/mol. The lowest BCUT2D eigenvalue weighted by Crippen LogP contribution is -2.33. The number of thiazole rings is 1. The number of nitrogens with zero attached hydrogens (tertiary/aromatic N) is 2. The fraction of sp³-hybridized carbons (Fsp3) is 0.417. The molecule has 0 bridgehead atoms. The van der Waals surface area contributed by atoms with Crippen LogP contribution in [0.25, 0.3) is 10.2 Å². The molecule has 2 heterocycles. The van der Waals surface area contributed by atoms with E-state index in [0.717, 1.165) is 30.4 Å². The monoisotopic (exact) mass is 503 g/mol. The van der Waals surface area contributed by atoms with Crippen molar-refractivity contribution in [2.45, 2.75) is 44.4 Å². The van der Waals surface area contributed by atoms with Crippen molar-refractivity contribution in [2.24, 2.45) is 0 Å². The van der Waals surface area contributed by atoms with E-state index in [1.54, 1.807) is 10.4 Å². The number of rotatable bonds is 10. The Morgan fingerprint density at radius 1 is 1.03 bits per heavy atom. The minimum atomic E-state index is -3.60. The molecule has 0 radical (unpaired) electrons. The van der Waals surface area contributed by atoms with Gasteiger partial charge < -0.3 is 9.47 Å². The number of fused-ring (bicyclic) bond motifs is 2. The number of sulfonamides is 1. The van der Waals surface area contributed by atoms with Crippen molar-refractivity contribution in [3.05, 3.63) is 42.0 Å². The van der Waals surface area contributed by atoms with Gasteiger partial charge in [0.2, 0.25) is 10.0 Å². The molecular weight excluding hydrogens is 474 g/mol.